The van der Waals surface area contributed by atoms with Gasteiger partial charge in [0.2, 0.25) is 0 Å². The Labute approximate surface area is 189 Å². The number of benzene rings is 1. The topological polar surface area (TPSA) is 163 Å². The maximum atomic E-state index is 11.8. The van der Waals surface area contributed by atoms with Gasteiger partial charge in [0.05, 0.1) is 25.2 Å². The monoisotopic (exact) mass is 498 g/mol. The number of hydrogen-bond donors (Lipinski definition) is 5. The maximum absolute atomic E-state index is 11.8. The number of aliphatic hydroxyl groups excluding tert-OH is 2. The van der Waals surface area contributed by atoms with Crippen LogP contribution in [0.4, 0.5) is 0 Å². The van der Waals surface area contributed by atoms with Gasteiger partial charge < -0.3 is 29.6 Å². The molecule has 0 saturated carbocycles. The largest absolute Gasteiger partial charge is 0.492 e. The molecule has 0 bridgehead atoms. The summed E-state index contributed by atoms with van der Waals surface area (Å²) in [5.74, 6) is 0.570. The van der Waals surface area contributed by atoms with Crippen molar-refractivity contribution < 1.29 is 47.6 Å². The first-order valence-corrected chi connectivity index (χ1v) is 13.0. The summed E-state index contributed by atoms with van der Waals surface area (Å²) in [5, 5.41) is 19.8. The highest BCUT2D eigenvalue weighted by Crippen LogP contribution is 2.58. The van der Waals surface area contributed by atoms with E-state index in [4.69, 9.17) is 14.5 Å². The Morgan fingerprint density at radius 1 is 0.844 bits per heavy atom. The van der Waals surface area contributed by atoms with Crippen LogP contribution in [0.25, 0.3) is 0 Å². The summed E-state index contributed by atoms with van der Waals surface area (Å²) in [7, 11) is -10.5. The molecule has 0 saturated heterocycles. The molecular formula is C20H36O10P2. The van der Waals surface area contributed by atoms with Crippen molar-refractivity contribution in [2.45, 2.75) is 59.3 Å². The zero-order valence-corrected chi connectivity index (χ0v) is 21.4. The Kier molecular flexibility index (Phi) is 9.33. The Morgan fingerprint density at radius 3 is 1.62 bits per heavy atom. The molecule has 32 heavy (non-hydrogen) atoms. The second kappa shape index (κ2) is 10.2. The van der Waals surface area contributed by atoms with Crippen molar-refractivity contribution in [1.82, 2.24) is 0 Å². The van der Waals surface area contributed by atoms with Crippen molar-refractivity contribution in [2.24, 2.45) is 5.41 Å². The Morgan fingerprint density at radius 2 is 1.28 bits per heavy atom. The van der Waals surface area contributed by atoms with Gasteiger partial charge in [-0.25, -0.2) is 9.13 Å². The standard InChI is InChI=1S/C20H36O10P2/c1-14-8-15(18(2,3)4)17(16(9-14)19(5,6)7)28-12-20(10-21,11-22)13-29-32(26,27)30-31(23,24)25/h8-9,21-22H,10-13H2,1-7H3,(H,26,27)(H2,23,24,25). The first kappa shape index (κ1) is 29.2. The van der Waals surface area contributed by atoms with Gasteiger partial charge in [-0.2, -0.15) is 4.31 Å². The Bertz CT molecular complexity index is 840. The number of ether oxygens (including phenoxy) is 1. The van der Waals surface area contributed by atoms with E-state index in [1.54, 1.807) is 0 Å². The smallest absolute Gasteiger partial charge is 0.481 e. The van der Waals surface area contributed by atoms with E-state index in [2.05, 4.69) is 8.83 Å². The van der Waals surface area contributed by atoms with E-state index in [0.29, 0.717) is 5.75 Å². The number of phosphoric ester groups is 1. The molecule has 1 rings (SSSR count). The van der Waals surface area contributed by atoms with Crippen molar-refractivity contribution in [3.8, 4) is 5.75 Å². The molecule has 0 spiro atoms. The van der Waals surface area contributed by atoms with Crippen LogP contribution in [0.3, 0.4) is 0 Å². The fraction of sp³-hybridized carbons (Fsp3) is 0.700. The predicted octanol–water partition coefficient (Wildman–Crippen LogP) is 3.17. The van der Waals surface area contributed by atoms with Crippen LogP contribution >= 0.6 is 15.6 Å². The second-order valence-corrected chi connectivity index (χ2v) is 12.9. The molecule has 12 heteroatoms. The van der Waals surface area contributed by atoms with Crippen molar-refractivity contribution in [3.63, 3.8) is 0 Å². The van der Waals surface area contributed by atoms with Gasteiger partial charge in [0.25, 0.3) is 0 Å². The van der Waals surface area contributed by atoms with E-state index < -0.39 is 40.9 Å². The molecule has 1 aromatic rings. The minimum atomic E-state index is -5.30. The first-order chi connectivity index (χ1) is 14.3. The summed E-state index contributed by atoms with van der Waals surface area (Å²) in [5.41, 5.74) is 0.721. The molecule has 186 valence electrons. The van der Waals surface area contributed by atoms with Gasteiger partial charge >= 0.3 is 15.6 Å². The number of aliphatic hydroxyl groups is 2. The lowest BCUT2D eigenvalue weighted by Gasteiger charge is -2.34. The fourth-order valence-electron chi connectivity index (χ4n) is 2.92. The third-order valence-corrected chi connectivity index (χ3v) is 6.92. The van der Waals surface area contributed by atoms with Gasteiger partial charge in [0, 0.05) is 11.1 Å². The summed E-state index contributed by atoms with van der Waals surface area (Å²) < 4.78 is 37.2. The lowest BCUT2D eigenvalue weighted by Crippen LogP contribution is -2.41. The molecule has 1 aromatic carbocycles. The van der Waals surface area contributed by atoms with E-state index >= 15 is 0 Å². The van der Waals surface area contributed by atoms with E-state index in [0.717, 1.165) is 16.7 Å². The minimum Gasteiger partial charge on any atom is -0.492 e. The Balaban J connectivity index is 3.30. The minimum absolute atomic E-state index is 0.295. The van der Waals surface area contributed by atoms with Crippen molar-refractivity contribution in [3.05, 3.63) is 28.8 Å². The van der Waals surface area contributed by atoms with E-state index in [1.807, 2.05) is 60.6 Å². The predicted molar refractivity (Wildman–Crippen MR) is 120 cm³/mol. The van der Waals surface area contributed by atoms with Gasteiger partial charge in [-0.3, -0.25) is 4.52 Å². The highest BCUT2D eigenvalue weighted by molar-refractivity contribution is 7.60. The molecule has 0 aliphatic heterocycles. The van der Waals surface area contributed by atoms with E-state index in [9.17, 15) is 24.2 Å². The fourth-order valence-corrected chi connectivity index (χ4v) is 4.62. The summed E-state index contributed by atoms with van der Waals surface area (Å²) in [6.45, 7) is 11.7. The number of hydrogen-bond acceptors (Lipinski definition) is 7. The lowest BCUT2D eigenvalue weighted by atomic mass is 9.78. The zero-order chi connectivity index (χ0) is 25.2. The summed E-state index contributed by atoms with van der Waals surface area (Å²) in [6.07, 6.45) is 0. The molecule has 5 N–H and O–H groups in total. The number of phosphoric acid groups is 2. The van der Waals surface area contributed by atoms with Crippen LogP contribution in [0.1, 0.15) is 58.2 Å². The third-order valence-electron chi connectivity index (χ3n) is 4.79. The maximum Gasteiger partial charge on any atom is 0.481 e. The van der Waals surface area contributed by atoms with Gasteiger partial charge in [-0.15, -0.1) is 0 Å². The molecule has 0 fully saturated rings. The molecule has 0 aliphatic rings. The van der Waals surface area contributed by atoms with E-state index in [-0.39, 0.29) is 17.4 Å². The first-order valence-electron chi connectivity index (χ1n) is 10.00. The van der Waals surface area contributed by atoms with Crippen molar-refractivity contribution >= 4 is 15.6 Å². The van der Waals surface area contributed by atoms with Crippen LogP contribution in [0, 0.1) is 12.3 Å². The molecule has 0 heterocycles. The molecule has 1 unspecified atom stereocenters. The van der Waals surface area contributed by atoms with Crippen LogP contribution in [-0.2, 0) is 28.8 Å². The molecule has 10 nitrogen and oxygen atoms in total. The second-order valence-electron chi connectivity index (χ2n) is 10.1. The van der Waals surface area contributed by atoms with Gasteiger partial charge in [-0.05, 0) is 17.8 Å². The average Bonchev–Trinajstić information content (AvgIpc) is 2.59. The summed E-state index contributed by atoms with van der Waals surface area (Å²) in [4.78, 5) is 27.0. The quantitative estimate of drug-likeness (QED) is 0.303. The van der Waals surface area contributed by atoms with Crippen LogP contribution in [0.15, 0.2) is 12.1 Å². The summed E-state index contributed by atoms with van der Waals surface area (Å²) in [6, 6.07) is 3.99. The third kappa shape index (κ3) is 8.52. The highest BCUT2D eigenvalue weighted by atomic mass is 31.3. The molecular weight excluding hydrogens is 462 g/mol. The van der Waals surface area contributed by atoms with Gasteiger partial charge in [-0.1, -0.05) is 59.2 Å². The lowest BCUT2D eigenvalue weighted by molar-refractivity contribution is -0.0255. The van der Waals surface area contributed by atoms with Crippen molar-refractivity contribution in [2.75, 3.05) is 26.4 Å². The normalized spacial score (nSPS) is 15.5. The summed E-state index contributed by atoms with van der Waals surface area (Å²) >= 11 is 0. The molecule has 0 radical (unpaired) electrons. The van der Waals surface area contributed by atoms with Crippen LogP contribution < -0.4 is 4.74 Å². The van der Waals surface area contributed by atoms with Crippen LogP contribution in [0.5, 0.6) is 5.75 Å². The van der Waals surface area contributed by atoms with Crippen LogP contribution in [-0.4, -0.2) is 51.3 Å². The average molecular weight is 498 g/mol. The number of rotatable bonds is 10. The van der Waals surface area contributed by atoms with E-state index in [1.165, 1.54) is 0 Å². The van der Waals surface area contributed by atoms with Gasteiger partial charge in [0.15, 0.2) is 0 Å². The SMILES string of the molecule is Cc1cc(C(C)(C)C)c(OCC(CO)(CO)COP(=O)(O)OP(=O)(O)O)c(C(C)(C)C)c1. The molecule has 0 aromatic heterocycles. The zero-order valence-electron chi connectivity index (χ0n) is 19.7. The molecule has 1 atom stereocenters. The van der Waals surface area contributed by atoms with Gasteiger partial charge in [0.1, 0.15) is 12.4 Å². The molecule has 0 amide bonds. The Hall–Kier alpha value is -0.800. The molecule has 0 aliphatic carbocycles. The van der Waals surface area contributed by atoms with Crippen molar-refractivity contribution in [1.29, 1.82) is 0 Å². The van der Waals surface area contributed by atoms with Crippen LogP contribution in [0.2, 0.25) is 0 Å². The number of aryl methyl sites for hydroxylation is 1. The highest BCUT2D eigenvalue weighted by Gasteiger charge is 2.39.